The second-order valence-corrected chi connectivity index (χ2v) is 4.24. The van der Waals surface area contributed by atoms with E-state index in [1.54, 1.807) is 24.3 Å². The molecular weight excluding hydrogens is 258 g/mol. The fourth-order valence-electron chi connectivity index (χ4n) is 1.78. The lowest BCUT2D eigenvalue weighted by Crippen LogP contribution is -2.03. The summed E-state index contributed by atoms with van der Waals surface area (Å²) in [6.07, 6.45) is 0. The molecule has 2 rings (SSSR count). The van der Waals surface area contributed by atoms with Gasteiger partial charge >= 0.3 is 0 Å². The standard InChI is InChI=1S/C14H15N3O3/c1-20-12-6-7-14(17(18)19)13(8-12)16-9-10-2-4-11(15)5-3-10/h2-8,16H,9,15H2,1H3. The average Bonchev–Trinajstić information content (AvgIpc) is 2.46. The fraction of sp³-hybridized carbons (Fsp3) is 0.143. The summed E-state index contributed by atoms with van der Waals surface area (Å²) in [6, 6.07) is 11.9. The van der Waals surface area contributed by atoms with Crippen LogP contribution in [0.2, 0.25) is 0 Å². The van der Waals surface area contributed by atoms with Gasteiger partial charge in [-0.25, -0.2) is 0 Å². The molecule has 2 aromatic carbocycles. The van der Waals surface area contributed by atoms with Crippen LogP contribution in [0.4, 0.5) is 17.1 Å². The molecule has 0 aliphatic heterocycles. The van der Waals surface area contributed by atoms with E-state index in [1.165, 1.54) is 13.2 Å². The van der Waals surface area contributed by atoms with E-state index in [0.29, 0.717) is 23.7 Å². The Bertz CT molecular complexity index is 612. The van der Waals surface area contributed by atoms with Crippen LogP contribution < -0.4 is 15.8 Å². The molecule has 3 N–H and O–H groups in total. The minimum Gasteiger partial charge on any atom is -0.497 e. The van der Waals surface area contributed by atoms with Gasteiger partial charge in [0.1, 0.15) is 11.4 Å². The molecule has 0 amide bonds. The highest BCUT2D eigenvalue weighted by molar-refractivity contribution is 5.64. The maximum absolute atomic E-state index is 11.0. The van der Waals surface area contributed by atoms with Gasteiger partial charge in [0.15, 0.2) is 0 Å². The van der Waals surface area contributed by atoms with Crippen LogP contribution in [0.15, 0.2) is 42.5 Å². The van der Waals surface area contributed by atoms with Gasteiger partial charge in [0.25, 0.3) is 5.69 Å². The van der Waals surface area contributed by atoms with Crippen molar-refractivity contribution in [2.24, 2.45) is 0 Å². The molecule has 6 nitrogen and oxygen atoms in total. The summed E-state index contributed by atoms with van der Waals surface area (Å²) in [5.74, 6) is 0.565. The lowest BCUT2D eigenvalue weighted by molar-refractivity contribution is -0.384. The van der Waals surface area contributed by atoms with Crippen molar-refractivity contribution in [1.82, 2.24) is 0 Å². The van der Waals surface area contributed by atoms with E-state index >= 15 is 0 Å². The zero-order valence-electron chi connectivity index (χ0n) is 11.0. The van der Waals surface area contributed by atoms with E-state index in [0.717, 1.165) is 5.56 Å². The van der Waals surface area contributed by atoms with Crippen molar-refractivity contribution in [2.75, 3.05) is 18.2 Å². The van der Waals surface area contributed by atoms with Crippen LogP contribution >= 0.6 is 0 Å². The predicted octanol–water partition coefficient (Wildman–Crippen LogP) is 2.80. The topological polar surface area (TPSA) is 90.4 Å². The second kappa shape index (κ2) is 5.92. The third-order valence-electron chi connectivity index (χ3n) is 2.86. The van der Waals surface area contributed by atoms with Gasteiger partial charge in [-0.15, -0.1) is 0 Å². The Balaban J connectivity index is 2.18. The molecule has 0 saturated carbocycles. The van der Waals surface area contributed by atoms with Crippen molar-refractivity contribution in [3.63, 3.8) is 0 Å². The van der Waals surface area contributed by atoms with E-state index < -0.39 is 4.92 Å². The SMILES string of the molecule is COc1ccc([N+](=O)[O-])c(NCc2ccc(N)cc2)c1. The first-order chi connectivity index (χ1) is 9.60. The first-order valence-electron chi connectivity index (χ1n) is 6.01. The number of nitrogens with two attached hydrogens (primary N) is 1. The van der Waals surface area contributed by atoms with E-state index in [2.05, 4.69) is 5.32 Å². The summed E-state index contributed by atoms with van der Waals surface area (Å²) >= 11 is 0. The molecule has 0 saturated heterocycles. The minimum atomic E-state index is -0.426. The van der Waals surface area contributed by atoms with Gasteiger partial charge in [0, 0.05) is 24.4 Å². The number of nitrogens with one attached hydrogen (secondary N) is 1. The molecule has 104 valence electrons. The molecule has 0 heterocycles. The Hall–Kier alpha value is -2.76. The Morgan fingerprint density at radius 3 is 2.55 bits per heavy atom. The van der Waals surface area contributed by atoms with Crippen molar-refractivity contribution < 1.29 is 9.66 Å². The highest BCUT2D eigenvalue weighted by atomic mass is 16.6. The van der Waals surface area contributed by atoms with Crippen molar-refractivity contribution >= 4 is 17.1 Å². The Morgan fingerprint density at radius 2 is 1.95 bits per heavy atom. The molecule has 0 fully saturated rings. The van der Waals surface area contributed by atoms with Gasteiger partial charge < -0.3 is 15.8 Å². The Labute approximate surface area is 116 Å². The summed E-state index contributed by atoms with van der Waals surface area (Å²) in [5.41, 5.74) is 7.71. The van der Waals surface area contributed by atoms with E-state index in [-0.39, 0.29) is 5.69 Å². The van der Waals surface area contributed by atoms with Crippen molar-refractivity contribution in [2.45, 2.75) is 6.54 Å². The molecule has 0 atom stereocenters. The molecule has 0 aliphatic rings. The summed E-state index contributed by atoms with van der Waals surface area (Å²) in [4.78, 5) is 10.6. The van der Waals surface area contributed by atoms with Crippen LogP contribution in [0.3, 0.4) is 0 Å². The maximum Gasteiger partial charge on any atom is 0.292 e. The third-order valence-corrected chi connectivity index (χ3v) is 2.86. The number of methoxy groups -OCH3 is 1. The largest absolute Gasteiger partial charge is 0.497 e. The number of nitrogen functional groups attached to an aromatic ring is 1. The molecule has 6 heteroatoms. The van der Waals surface area contributed by atoms with Gasteiger partial charge in [-0.1, -0.05) is 12.1 Å². The van der Waals surface area contributed by atoms with Crippen LogP contribution in [-0.2, 0) is 6.54 Å². The molecule has 0 spiro atoms. The first-order valence-corrected chi connectivity index (χ1v) is 6.01. The van der Waals surface area contributed by atoms with Gasteiger partial charge in [-0.3, -0.25) is 10.1 Å². The normalized spacial score (nSPS) is 10.1. The van der Waals surface area contributed by atoms with Gasteiger partial charge in [0.2, 0.25) is 0 Å². The second-order valence-electron chi connectivity index (χ2n) is 4.24. The van der Waals surface area contributed by atoms with E-state index in [9.17, 15) is 10.1 Å². The van der Waals surface area contributed by atoms with Crippen LogP contribution in [-0.4, -0.2) is 12.0 Å². The number of nitro groups is 1. The predicted molar refractivity (Wildman–Crippen MR) is 77.8 cm³/mol. The molecule has 0 radical (unpaired) electrons. The minimum absolute atomic E-state index is 0.0150. The average molecular weight is 273 g/mol. The molecule has 0 aliphatic carbocycles. The number of hydrogen-bond acceptors (Lipinski definition) is 5. The highest BCUT2D eigenvalue weighted by Crippen LogP contribution is 2.29. The van der Waals surface area contributed by atoms with Crippen molar-refractivity contribution in [3.05, 3.63) is 58.1 Å². The lowest BCUT2D eigenvalue weighted by Gasteiger charge is -2.09. The summed E-state index contributed by atoms with van der Waals surface area (Å²) in [7, 11) is 1.52. The number of nitrogens with zero attached hydrogens (tertiary/aromatic N) is 1. The molecule has 0 unspecified atom stereocenters. The summed E-state index contributed by atoms with van der Waals surface area (Å²) < 4.78 is 5.08. The van der Waals surface area contributed by atoms with Gasteiger partial charge in [-0.2, -0.15) is 0 Å². The zero-order chi connectivity index (χ0) is 14.5. The van der Waals surface area contributed by atoms with Gasteiger partial charge in [-0.05, 0) is 23.8 Å². The fourth-order valence-corrected chi connectivity index (χ4v) is 1.78. The van der Waals surface area contributed by atoms with Crippen LogP contribution in [0, 0.1) is 10.1 Å². The van der Waals surface area contributed by atoms with Crippen LogP contribution in [0.5, 0.6) is 5.75 Å². The van der Waals surface area contributed by atoms with Gasteiger partial charge in [0.05, 0.1) is 12.0 Å². The van der Waals surface area contributed by atoms with E-state index in [4.69, 9.17) is 10.5 Å². The quantitative estimate of drug-likeness (QED) is 0.496. The number of ether oxygens (including phenoxy) is 1. The van der Waals surface area contributed by atoms with E-state index in [1.807, 2.05) is 12.1 Å². The zero-order valence-corrected chi connectivity index (χ0v) is 11.0. The number of nitro benzene ring substituents is 1. The van der Waals surface area contributed by atoms with Crippen molar-refractivity contribution in [1.29, 1.82) is 0 Å². The number of benzene rings is 2. The maximum atomic E-state index is 11.0. The first kappa shape index (κ1) is 13.7. The van der Waals surface area contributed by atoms with Crippen molar-refractivity contribution in [3.8, 4) is 5.75 Å². The Morgan fingerprint density at radius 1 is 1.25 bits per heavy atom. The number of hydrogen-bond donors (Lipinski definition) is 2. The molecule has 20 heavy (non-hydrogen) atoms. The molecule has 2 aromatic rings. The molecular formula is C14H15N3O3. The third kappa shape index (κ3) is 3.17. The smallest absolute Gasteiger partial charge is 0.292 e. The lowest BCUT2D eigenvalue weighted by atomic mass is 10.2. The monoisotopic (exact) mass is 273 g/mol. The number of rotatable bonds is 5. The van der Waals surface area contributed by atoms with Crippen LogP contribution in [0.1, 0.15) is 5.56 Å². The molecule has 0 bridgehead atoms. The summed E-state index contributed by atoms with van der Waals surface area (Å²) in [6.45, 7) is 0.467. The summed E-state index contributed by atoms with van der Waals surface area (Å²) in [5, 5.41) is 14.0. The van der Waals surface area contributed by atoms with Crippen LogP contribution in [0.25, 0.3) is 0 Å². The highest BCUT2D eigenvalue weighted by Gasteiger charge is 2.14. The molecule has 0 aromatic heterocycles. The Kier molecular flexibility index (Phi) is 4.05. The number of anilines is 2.